The van der Waals surface area contributed by atoms with Gasteiger partial charge in [0, 0.05) is 0 Å². The molecule has 0 fully saturated rings. The Morgan fingerprint density at radius 3 is 2.64 bits per heavy atom. The molecule has 8 heteroatoms. The number of anilines is 1. The number of rotatable bonds is 3. The molecule has 0 spiro atoms. The second-order valence-corrected chi connectivity index (χ2v) is 5.07. The third-order valence-electron chi connectivity index (χ3n) is 3.54. The maximum absolute atomic E-state index is 12.8. The van der Waals surface area contributed by atoms with Crippen LogP contribution in [-0.4, -0.2) is 31.2 Å². The van der Waals surface area contributed by atoms with Gasteiger partial charge in [-0.1, -0.05) is 6.07 Å². The summed E-state index contributed by atoms with van der Waals surface area (Å²) < 4.78 is 43.0. The van der Waals surface area contributed by atoms with Gasteiger partial charge in [0.25, 0.3) is 5.91 Å². The second kappa shape index (κ2) is 5.86. The molecular weight excluding hydrogens is 301 g/mol. The molecule has 2 rings (SSSR count). The first-order valence-electron chi connectivity index (χ1n) is 6.58. The van der Waals surface area contributed by atoms with Crippen LogP contribution in [0.1, 0.15) is 27.9 Å². The highest BCUT2D eigenvalue weighted by atomic mass is 19.4. The number of nitrogens with two attached hydrogens (primary N) is 1. The van der Waals surface area contributed by atoms with Gasteiger partial charge in [-0.25, -0.2) is 0 Å². The molecule has 1 aliphatic heterocycles. The van der Waals surface area contributed by atoms with E-state index in [1.807, 2.05) is 0 Å². The average Bonchev–Trinajstić information content (AvgIpc) is 2.44. The summed E-state index contributed by atoms with van der Waals surface area (Å²) in [7, 11) is 1.23. The Hall–Kier alpha value is -2.25. The second-order valence-electron chi connectivity index (χ2n) is 5.07. The van der Waals surface area contributed by atoms with Gasteiger partial charge in [0.1, 0.15) is 6.04 Å². The van der Waals surface area contributed by atoms with E-state index in [9.17, 15) is 22.8 Å². The first kappa shape index (κ1) is 16.1. The molecule has 0 radical (unpaired) electrons. The van der Waals surface area contributed by atoms with Crippen LogP contribution in [0.2, 0.25) is 0 Å². The molecule has 0 aliphatic carbocycles. The Balaban J connectivity index is 2.40. The van der Waals surface area contributed by atoms with E-state index >= 15 is 0 Å². The summed E-state index contributed by atoms with van der Waals surface area (Å²) in [5, 5.41) is 2.34. The molecule has 0 aromatic heterocycles. The van der Waals surface area contributed by atoms with Crippen molar-refractivity contribution in [2.24, 2.45) is 5.73 Å². The van der Waals surface area contributed by atoms with Crippen molar-refractivity contribution in [1.29, 1.82) is 0 Å². The van der Waals surface area contributed by atoms with Crippen LogP contribution in [0.4, 0.5) is 18.9 Å². The van der Waals surface area contributed by atoms with E-state index in [0.29, 0.717) is 11.1 Å². The van der Waals surface area contributed by atoms with Crippen LogP contribution in [0, 0.1) is 0 Å². The minimum atomic E-state index is -4.41. The summed E-state index contributed by atoms with van der Waals surface area (Å²) in [5.74, 6) is -1.36. The number of aryl methyl sites for hydroxylation is 1. The maximum atomic E-state index is 12.8. The van der Waals surface area contributed by atoms with Gasteiger partial charge in [0.2, 0.25) is 0 Å². The van der Waals surface area contributed by atoms with Gasteiger partial charge in [0.05, 0.1) is 24.8 Å². The Morgan fingerprint density at radius 2 is 2.09 bits per heavy atom. The van der Waals surface area contributed by atoms with Crippen LogP contribution in [0.25, 0.3) is 0 Å². The Bertz CT molecular complexity index is 614. The molecule has 0 saturated heterocycles. The number of benzene rings is 1. The maximum Gasteiger partial charge on any atom is 0.408 e. The molecule has 5 nitrogen and oxygen atoms in total. The van der Waals surface area contributed by atoms with Crippen LogP contribution in [0.3, 0.4) is 0 Å². The number of amides is 1. The van der Waals surface area contributed by atoms with Crippen molar-refractivity contribution in [2.45, 2.75) is 31.5 Å². The van der Waals surface area contributed by atoms with Crippen molar-refractivity contribution >= 4 is 17.6 Å². The van der Waals surface area contributed by atoms with Crippen molar-refractivity contribution in [3.8, 4) is 0 Å². The van der Waals surface area contributed by atoms with E-state index < -0.39 is 24.1 Å². The average molecular weight is 316 g/mol. The summed E-state index contributed by atoms with van der Waals surface area (Å²) in [6.07, 6.45) is -4.48. The van der Waals surface area contributed by atoms with Gasteiger partial charge in [0.15, 0.2) is 0 Å². The fourth-order valence-electron chi connectivity index (χ4n) is 2.46. The largest absolute Gasteiger partial charge is 0.469 e. The van der Waals surface area contributed by atoms with E-state index in [1.165, 1.54) is 13.2 Å². The molecule has 1 aliphatic rings. The van der Waals surface area contributed by atoms with Gasteiger partial charge in [-0.2, -0.15) is 13.2 Å². The summed E-state index contributed by atoms with van der Waals surface area (Å²) >= 11 is 0. The van der Waals surface area contributed by atoms with Crippen LogP contribution < -0.4 is 11.1 Å². The molecule has 0 saturated carbocycles. The molecule has 1 aromatic carbocycles. The van der Waals surface area contributed by atoms with Crippen molar-refractivity contribution in [2.75, 3.05) is 12.4 Å². The van der Waals surface area contributed by atoms with Crippen LogP contribution >= 0.6 is 0 Å². The summed E-state index contributed by atoms with van der Waals surface area (Å²) in [5.41, 5.74) is 6.31. The van der Waals surface area contributed by atoms with Crippen molar-refractivity contribution < 1.29 is 27.5 Å². The monoisotopic (exact) mass is 316 g/mol. The minimum absolute atomic E-state index is 0.0506. The number of halogens is 3. The van der Waals surface area contributed by atoms with E-state index in [1.54, 1.807) is 6.07 Å². The fraction of sp³-hybridized carbons (Fsp3) is 0.429. The van der Waals surface area contributed by atoms with Gasteiger partial charge in [-0.05, 0) is 30.0 Å². The lowest BCUT2D eigenvalue weighted by atomic mass is 9.92. The Labute approximate surface area is 124 Å². The first-order valence-corrected chi connectivity index (χ1v) is 6.58. The first-order chi connectivity index (χ1) is 10.2. The summed E-state index contributed by atoms with van der Waals surface area (Å²) in [6, 6.07) is 1.20. The standard InChI is InChI=1S/C14H15F3N2O3/c1-22-11(20)6-7-4-8-2-3-10(14(15,16)17)19-12(8)9(5-7)13(18)21/h4-5,10,19H,2-3,6H2,1H3,(H2,18,21). The van der Waals surface area contributed by atoms with Crippen molar-refractivity contribution in [3.05, 3.63) is 28.8 Å². The highest BCUT2D eigenvalue weighted by molar-refractivity contribution is 6.00. The van der Waals surface area contributed by atoms with Crippen molar-refractivity contribution in [3.63, 3.8) is 0 Å². The number of carbonyl (C=O) groups excluding carboxylic acids is 2. The van der Waals surface area contributed by atoms with Gasteiger partial charge in [-0.3, -0.25) is 9.59 Å². The van der Waals surface area contributed by atoms with E-state index in [4.69, 9.17) is 5.73 Å². The van der Waals surface area contributed by atoms with Gasteiger partial charge >= 0.3 is 12.1 Å². The number of hydrogen-bond donors (Lipinski definition) is 2. The number of carbonyl (C=O) groups is 2. The molecule has 120 valence electrons. The predicted molar refractivity (Wildman–Crippen MR) is 72.5 cm³/mol. The minimum Gasteiger partial charge on any atom is -0.469 e. The predicted octanol–water partition coefficient (Wildman–Crippen LogP) is 1.79. The summed E-state index contributed by atoms with van der Waals surface area (Å²) in [4.78, 5) is 22.8. The molecule has 22 heavy (non-hydrogen) atoms. The number of esters is 1. The molecule has 3 N–H and O–H groups in total. The lowest BCUT2D eigenvalue weighted by Gasteiger charge is -2.30. The molecular formula is C14H15F3N2O3. The number of hydrogen-bond acceptors (Lipinski definition) is 4. The molecule has 0 bridgehead atoms. The van der Waals surface area contributed by atoms with Gasteiger partial charge in [-0.15, -0.1) is 0 Å². The SMILES string of the molecule is COC(=O)Cc1cc2c(c(C(N)=O)c1)NC(C(F)(F)F)CC2. The van der Waals surface area contributed by atoms with Gasteiger partial charge < -0.3 is 15.8 Å². The number of ether oxygens (including phenoxy) is 1. The normalized spacial score (nSPS) is 17.4. The van der Waals surface area contributed by atoms with Crippen LogP contribution in [-0.2, 0) is 22.4 Å². The molecule has 1 aromatic rings. The number of alkyl halides is 3. The molecule has 1 unspecified atom stereocenters. The summed E-state index contributed by atoms with van der Waals surface area (Å²) in [6.45, 7) is 0. The van der Waals surface area contributed by atoms with Crippen LogP contribution in [0.15, 0.2) is 12.1 Å². The zero-order valence-electron chi connectivity index (χ0n) is 11.8. The van der Waals surface area contributed by atoms with Crippen LogP contribution in [0.5, 0.6) is 0 Å². The smallest absolute Gasteiger partial charge is 0.408 e. The topological polar surface area (TPSA) is 81.4 Å². The van der Waals surface area contributed by atoms with E-state index in [2.05, 4.69) is 10.1 Å². The fourth-order valence-corrected chi connectivity index (χ4v) is 2.46. The number of nitrogens with one attached hydrogen (secondary N) is 1. The number of fused-ring (bicyclic) bond motifs is 1. The third kappa shape index (κ3) is 3.32. The van der Waals surface area contributed by atoms with Crippen molar-refractivity contribution in [1.82, 2.24) is 0 Å². The highest BCUT2D eigenvalue weighted by Crippen LogP contribution is 2.35. The quantitative estimate of drug-likeness (QED) is 0.833. The molecule has 1 heterocycles. The van der Waals surface area contributed by atoms with E-state index in [0.717, 1.165) is 0 Å². The Morgan fingerprint density at radius 1 is 1.41 bits per heavy atom. The number of methoxy groups -OCH3 is 1. The zero-order chi connectivity index (χ0) is 16.5. The van der Waals surface area contributed by atoms with E-state index in [-0.39, 0.29) is 30.5 Å². The Kier molecular flexibility index (Phi) is 4.30. The number of primary amides is 1. The highest BCUT2D eigenvalue weighted by Gasteiger charge is 2.42. The zero-order valence-corrected chi connectivity index (χ0v) is 11.8. The lowest BCUT2D eigenvalue weighted by molar-refractivity contribution is -0.144. The molecule has 1 amide bonds. The third-order valence-corrected chi connectivity index (χ3v) is 3.54. The lowest BCUT2D eigenvalue weighted by Crippen LogP contribution is -2.40. The molecule has 1 atom stereocenters.